The summed E-state index contributed by atoms with van der Waals surface area (Å²) in [6.07, 6.45) is -0.966. The van der Waals surface area contributed by atoms with E-state index < -0.39 is 22.0 Å². The summed E-state index contributed by atoms with van der Waals surface area (Å²) in [5.74, 6) is 0.511. The fraction of sp³-hybridized carbons (Fsp3) is 0.208. The van der Waals surface area contributed by atoms with E-state index in [1.54, 1.807) is 48.5 Å². The van der Waals surface area contributed by atoms with Crippen LogP contribution in [0.25, 0.3) is 0 Å². The largest absolute Gasteiger partial charge is 0.492 e. The number of sulfonamides is 1. The molecular weight excluding hydrogens is 428 g/mol. The molecule has 1 aliphatic heterocycles. The lowest BCUT2D eigenvalue weighted by molar-refractivity contribution is -0.127. The third kappa shape index (κ3) is 5.20. The first-order chi connectivity index (χ1) is 15.5. The normalized spacial score (nSPS) is 15.4. The van der Waals surface area contributed by atoms with E-state index in [9.17, 15) is 13.2 Å². The number of amides is 1. The lowest BCUT2D eigenvalue weighted by atomic mass is 10.2. The average Bonchev–Trinajstić information content (AvgIpc) is 2.82. The molecule has 3 aromatic rings. The van der Waals surface area contributed by atoms with Gasteiger partial charge < -0.3 is 14.8 Å². The molecule has 7 nitrogen and oxygen atoms in total. The van der Waals surface area contributed by atoms with Crippen LogP contribution in [0.15, 0.2) is 84.9 Å². The van der Waals surface area contributed by atoms with Crippen molar-refractivity contribution in [2.75, 3.05) is 24.0 Å². The Morgan fingerprint density at radius 3 is 2.38 bits per heavy atom. The zero-order chi connectivity index (χ0) is 22.4. The van der Waals surface area contributed by atoms with Crippen LogP contribution in [0.5, 0.6) is 11.5 Å². The van der Waals surface area contributed by atoms with E-state index in [2.05, 4.69) is 5.32 Å². The molecular formula is C24H24N2O5S. The van der Waals surface area contributed by atoms with Crippen LogP contribution in [-0.4, -0.2) is 40.1 Å². The monoisotopic (exact) mass is 452 g/mol. The van der Waals surface area contributed by atoms with Crippen LogP contribution in [0.4, 0.5) is 5.69 Å². The first kappa shape index (κ1) is 21.7. The molecule has 0 saturated carbocycles. The van der Waals surface area contributed by atoms with Crippen LogP contribution in [0, 0.1) is 0 Å². The van der Waals surface area contributed by atoms with E-state index in [0.29, 0.717) is 22.7 Å². The fourth-order valence-electron chi connectivity index (χ4n) is 3.44. The third-order valence-corrected chi connectivity index (χ3v) is 6.68. The number of carbonyl (C=O) groups is 1. The average molecular weight is 453 g/mol. The van der Waals surface area contributed by atoms with Crippen LogP contribution in [0.1, 0.15) is 5.56 Å². The van der Waals surface area contributed by atoms with Crippen molar-refractivity contribution in [1.82, 2.24) is 5.32 Å². The minimum atomic E-state index is -3.73. The molecule has 4 rings (SSSR count). The number of benzene rings is 3. The van der Waals surface area contributed by atoms with Gasteiger partial charge in [0.15, 0.2) is 6.10 Å². The summed E-state index contributed by atoms with van der Waals surface area (Å²) < 4.78 is 39.1. The number of nitrogens with one attached hydrogen (secondary N) is 1. The standard InChI is InChI=1S/C24H24N2O5S/c27-24(25-15-16-30-20-11-5-2-6-12-20)23-17-26(21-13-7-8-14-22(21)31-23)32(28,29)18-19-9-3-1-4-10-19/h1-14,23H,15-18H2,(H,25,27). The Bertz CT molecular complexity index is 1150. The minimum Gasteiger partial charge on any atom is -0.492 e. The summed E-state index contributed by atoms with van der Waals surface area (Å²) in [7, 11) is -3.73. The first-order valence-corrected chi connectivity index (χ1v) is 11.9. The number of anilines is 1. The predicted octanol–water partition coefficient (Wildman–Crippen LogP) is 2.98. The number of hydrogen-bond donors (Lipinski definition) is 1. The van der Waals surface area contributed by atoms with Crippen molar-refractivity contribution in [3.8, 4) is 11.5 Å². The SMILES string of the molecule is O=C(NCCOc1ccccc1)C1CN(S(=O)(=O)Cc2ccccc2)c2ccccc2O1. The second kappa shape index (κ2) is 9.74. The maximum Gasteiger partial charge on any atom is 0.263 e. The third-order valence-electron chi connectivity index (χ3n) is 4.97. The summed E-state index contributed by atoms with van der Waals surface area (Å²) in [5, 5.41) is 2.76. The lowest BCUT2D eigenvalue weighted by Gasteiger charge is -2.34. The van der Waals surface area contributed by atoms with Gasteiger partial charge in [0.2, 0.25) is 10.0 Å². The second-order valence-electron chi connectivity index (χ2n) is 7.30. The van der Waals surface area contributed by atoms with E-state index in [1.807, 2.05) is 36.4 Å². The van der Waals surface area contributed by atoms with E-state index in [4.69, 9.17) is 9.47 Å². The second-order valence-corrected chi connectivity index (χ2v) is 9.19. The van der Waals surface area contributed by atoms with Crippen LogP contribution < -0.4 is 19.1 Å². The van der Waals surface area contributed by atoms with Crippen molar-refractivity contribution in [3.63, 3.8) is 0 Å². The van der Waals surface area contributed by atoms with Gasteiger partial charge in [-0.25, -0.2) is 8.42 Å². The predicted molar refractivity (Wildman–Crippen MR) is 122 cm³/mol. The molecule has 32 heavy (non-hydrogen) atoms. The topological polar surface area (TPSA) is 84.9 Å². The van der Waals surface area contributed by atoms with Crippen LogP contribution in [0.2, 0.25) is 0 Å². The number of nitrogens with zero attached hydrogens (tertiary/aromatic N) is 1. The Hall–Kier alpha value is -3.52. The van der Waals surface area contributed by atoms with Crippen molar-refractivity contribution in [3.05, 3.63) is 90.5 Å². The van der Waals surface area contributed by atoms with Gasteiger partial charge in [0, 0.05) is 0 Å². The van der Waals surface area contributed by atoms with Gasteiger partial charge in [0.1, 0.15) is 18.1 Å². The molecule has 0 spiro atoms. The summed E-state index contributed by atoms with van der Waals surface area (Å²) in [4.78, 5) is 12.7. The highest BCUT2D eigenvalue weighted by Gasteiger charge is 2.36. The fourth-order valence-corrected chi connectivity index (χ4v) is 5.02. The van der Waals surface area contributed by atoms with Crippen molar-refractivity contribution in [1.29, 1.82) is 0 Å². The van der Waals surface area contributed by atoms with E-state index in [0.717, 1.165) is 0 Å². The number of ether oxygens (including phenoxy) is 2. The van der Waals surface area contributed by atoms with Crippen molar-refractivity contribution >= 4 is 21.6 Å². The molecule has 1 amide bonds. The van der Waals surface area contributed by atoms with Gasteiger partial charge in [-0.05, 0) is 29.8 Å². The molecule has 3 aromatic carbocycles. The van der Waals surface area contributed by atoms with Gasteiger partial charge in [-0.2, -0.15) is 0 Å². The zero-order valence-corrected chi connectivity index (χ0v) is 18.2. The summed E-state index contributed by atoms with van der Waals surface area (Å²) in [6.45, 7) is 0.457. The maximum atomic E-state index is 13.2. The van der Waals surface area contributed by atoms with Gasteiger partial charge in [0.25, 0.3) is 5.91 Å². The molecule has 1 atom stereocenters. The summed E-state index contributed by atoms with van der Waals surface area (Å²) in [5.41, 5.74) is 1.11. The van der Waals surface area contributed by atoms with Crippen molar-refractivity contribution in [2.24, 2.45) is 0 Å². The lowest BCUT2D eigenvalue weighted by Crippen LogP contribution is -2.51. The highest BCUT2D eigenvalue weighted by molar-refractivity contribution is 7.92. The number of fused-ring (bicyclic) bond motifs is 1. The molecule has 0 aliphatic carbocycles. The smallest absolute Gasteiger partial charge is 0.263 e. The molecule has 1 heterocycles. The Balaban J connectivity index is 1.44. The van der Waals surface area contributed by atoms with Gasteiger partial charge in [-0.3, -0.25) is 9.10 Å². The summed E-state index contributed by atoms with van der Waals surface area (Å²) in [6, 6.07) is 25.1. The van der Waals surface area contributed by atoms with E-state index >= 15 is 0 Å². The Morgan fingerprint density at radius 2 is 1.62 bits per heavy atom. The van der Waals surface area contributed by atoms with Gasteiger partial charge >= 0.3 is 0 Å². The molecule has 1 aliphatic rings. The summed E-state index contributed by atoms with van der Waals surface area (Å²) >= 11 is 0. The molecule has 0 aromatic heterocycles. The van der Waals surface area contributed by atoms with Crippen LogP contribution in [-0.2, 0) is 20.6 Å². The molecule has 0 saturated heterocycles. The Morgan fingerprint density at radius 1 is 0.969 bits per heavy atom. The molecule has 166 valence electrons. The Labute approximate surface area is 187 Å². The highest BCUT2D eigenvalue weighted by Crippen LogP contribution is 2.35. The van der Waals surface area contributed by atoms with Crippen LogP contribution in [0.3, 0.4) is 0 Å². The highest BCUT2D eigenvalue weighted by atomic mass is 32.2. The van der Waals surface area contributed by atoms with Crippen molar-refractivity contribution in [2.45, 2.75) is 11.9 Å². The molecule has 8 heteroatoms. The van der Waals surface area contributed by atoms with Gasteiger partial charge in [-0.15, -0.1) is 0 Å². The maximum absolute atomic E-state index is 13.2. The van der Waals surface area contributed by atoms with E-state index in [1.165, 1.54) is 4.31 Å². The quantitative estimate of drug-likeness (QED) is 0.531. The number of rotatable bonds is 8. The Kier molecular flexibility index (Phi) is 6.61. The van der Waals surface area contributed by atoms with Crippen LogP contribution >= 0.6 is 0 Å². The molecule has 0 bridgehead atoms. The molecule has 0 fully saturated rings. The molecule has 0 radical (unpaired) electrons. The number of carbonyl (C=O) groups excluding carboxylic acids is 1. The first-order valence-electron chi connectivity index (χ1n) is 10.3. The van der Waals surface area contributed by atoms with Gasteiger partial charge in [0.05, 0.1) is 24.5 Å². The van der Waals surface area contributed by atoms with E-state index in [-0.39, 0.29) is 25.4 Å². The number of hydrogen-bond acceptors (Lipinski definition) is 5. The zero-order valence-electron chi connectivity index (χ0n) is 17.4. The molecule has 1 unspecified atom stereocenters. The van der Waals surface area contributed by atoms with Gasteiger partial charge in [-0.1, -0.05) is 60.7 Å². The molecule has 1 N–H and O–H groups in total. The minimum absolute atomic E-state index is 0.0996. The number of para-hydroxylation sites is 3. The van der Waals surface area contributed by atoms with Crippen molar-refractivity contribution < 1.29 is 22.7 Å².